The zero-order valence-electron chi connectivity index (χ0n) is 8.76. The van der Waals surface area contributed by atoms with Crippen molar-refractivity contribution in [2.45, 2.75) is 38.1 Å². The van der Waals surface area contributed by atoms with Gasteiger partial charge in [-0.25, -0.2) is 0 Å². The first-order valence-electron chi connectivity index (χ1n) is 5.86. The van der Waals surface area contributed by atoms with Crippen molar-refractivity contribution >= 4 is 22.9 Å². The Morgan fingerprint density at radius 3 is 2.93 bits per heavy atom. The fraction of sp³-hybridized carbons (Fsp3) is 0.667. The van der Waals surface area contributed by atoms with E-state index in [1.807, 2.05) is 0 Å². The molecule has 1 unspecified atom stereocenters. The van der Waals surface area contributed by atoms with Gasteiger partial charge in [-0.3, -0.25) is 0 Å². The Morgan fingerprint density at radius 2 is 2.13 bits per heavy atom. The highest BCUT2D eigenvalue weighted by molar-refractivity contribution is 7.16. The van der Waals surface area contributed by atoms with Crippen LogP contribution in [0.15, 0.2) is 6.07 Å². The molecule has 2 heterocycles. The van der Waals surface area contributed by atoms with E-state index in [0.717, 1.165) is 23.2 Å². The lowest BCUT2D eigenvalue weighted by molar-refractivity contribution is 0.360. The van der Waals surface area contributed by atoms with Crippen molar-refractivity contribution in [3.05, 3.63) is 20.8 Å². The summed E-state index contributed by atoms with van der Waals surface area (Å²) in [6.45, 7) is 1.13. The molecule has 1 aromatic rings. The van der Waals surface area contributed by atoms with Crippen molar-refractivity contribution in [3.8, 4) is 0 Å². The second-order valence-electron chi connectivity index (χ2n) is 4.67. The molecule has 1 aromatic heterocycles. The number of halogens is 1. The number of fused-ring (bicyclic) bond motifs is 1. The third-order valence-corrected chi connectivity index (χ3v) is 5.11. The minimum Gasteiger partial charge on any atom is -0.309 e. The molecule has 3 rings (SSSR count). The third kappa shape index (κ3) is 1.83. The van der Waals surface area contributed by atoms with Gasteiger partial charge in [-0.2, -0.15) is 0 Å². The Hall–Kier alpha value is -0.0500. The molecule has 82 valence electrons. The van der Waals surface area contributed by atoms with E-state index in [9.17, 15) is 0 Å². The quantitative estimate of drug-likeness (QED) is 0.789. The van der Waals surface area contributed by atoms with Crippen LogP contribution in [0.5, 0.6) is 0 Å². The average Bonchev–Trinajstić information content (AvgIpc) is 2.82. The predicted octanol–water partition coefficient (Wildman–Crippen LogP) is 3.78. The number of thiophene rings is 1. The van der Waals surface area contributed by atoms with Crippen LogP contribution in [0.25, 0.3) is 0 Å². The molecule has 1 aliphatic carbocycles. The van der Waals surface area contributed by atoms with Crippen LogP contribution < -0.4 is 5.32 Å². The van der Waals surface area contributed by atoms with Crippen molar-refractivity contribution in [2.24, 2.45) is 5.92 Å². The normalized spacial score (nSPS) is 26.9. The highest BCUT2D eigenvalue weighted by Gasteiger charge is 2.31. The molecule has 1 fully saturated rings. The molecule has 1 N–H and O–H groups in total. The molecule has 15 heavy (non-hydrogen) atoms. The van der Waals surface area contributed by atoms with E-state index >= 15 is 0 Å². The highest BCUT2D eigenvalue weighted by atomic mass is 35.5. The van der Waals surface area contributed by atoms with Crippen LogP contribution in [-0.4, -0.2) is 6.54 Å². The van der Waals surface area contributed by atoms with Crippen LogP contribution in [0.2, 0.25) is 4.34 Å². The Morgan fingerprint density at radius 1 is 1.33 bits per heavy atom. The molecule has 0 aromatic carbocycles. The molecule has 1 atom stereocenters. The molecule has 1 aliphatic heterocycles. The summed E-state index contributed by atoms with van der Waals surface area (Å²) < 4.78 is 0.965. The summed E-state index contributed by atoms with van der Waals surface area (Å²) in [7, 11) is 0. The van der Waals surface area contributed by atoms with Gasteiger partial charge in [-0.05, 0) is 43.4 Å². The van der Waals surface area contributed by atoms with Crippen LogP contribution in [-0.2, 0) is 6.42 Å². The Balaban J connectivity index is 1.90. The van der Waals surface area contributed by atoms with Gasteiger partial charge in [0.25, 0.3) is 0 Å². The van der Waals surface area contributed by atoms with Crippen molar-refractivity contribution in [2.75, 3.05) is 6.54 Å². The maximum Gasteiger partial charge on any atom is 0.0934 e. The van der Waals surface area contributed by atoms with Gasteiger partial charge < -0.3 is 5.32 Å². The molecule has 0 amide bonds. The van der Waals surface area contributed by atoms with E-state index in [1.165, 1.54) is 36.1 Å². The van der Waals surface area contributed by atoms with E-state index in [1.54, 1.807) is 11.3 Å². The van der Waals surface area contributed by atoms with Crippen LogP contribution in [0.4, 0.5) is 0 Å². The standard InChI is InChI=1S/C12H16ClNS/c13-10-7-9-5-6-14-11(12(9)15-10)8-3-1-2-4-8/h7-8,11,14H,1-6H2. The zero-order valence-corrected chi connectivity index (χ0v) is 10.3. The minimum atomic E-state index is 0.605. The topological polar surface area (TPSA) is 12.0 Å². The van der Waals surface area contributed by atoms with E-state index in [2.05, 4.69) is 11.4 Å². The monoisotopic (exact) mass is 241 g/mol. The summed E-state index contributed by atoms with van der Waals surface area (Å²) >= 11 is 7.90. The summed E-state index contributed by atoms with van der Waals surface area (Å²) in [6, 6.07) is 2.78. The average molecular weight is 242 g/mol. The number of hydrogen-bond acceptors (Lipinski definition) is 2. The van der Waals surface area contributed by atoms with Gasteiger partial charge in [-0.1, -0.05) is 24.4 Å². The molecule has 0 saturated heterocycles. The SMILES string of the molecule is Clc1cc2c(s1)C(C1CCCC1)NCC2. The number of nitrogens with one attached hydrogen (secondary N) is 1. The van der Waals surface area contributed by atoms with Crippen molar-refractivity contribution in [1.82, 2.24) is 5.32 Å². The maximum atomic E-state index is 6.11. The van der Waals surface area contributed by atoms with Gasteiger partial charge in [0.05, 0.1) is 4.34 Å². The number of hydrogen-bond donors (Lipinski definition) is 1. The van der Waals surface area contributed by atoms with Crippen molar-refractivity contribution in [3.63, 3.8) is 0 Å². The van der Waals surface area contributed by atoms with Gasteiger partial charge in [0.15, 0.2) is 0 Å². The Kier molecular flexibility index (Phi) is 2.75. The van der Waals surface area contributed by atoms with Crippen LogP contribution in [0, 0.1) is 5.92 Å². The Labute approximate surface area is 99.8 Å². The van der Waals surface area contributed by atoms with Gasteiger partial charge in [0.2, 0.25) is 0 Å². The predicted molar refractivity (Wildman–Crippen MR) is 65.7 cm³/mol. The summed E-state index contributed by atoms with van der Waals surface area (Å²) in [4.78, 5) is 1.53. The second kappa shape index (κ2) is 4.08. The molecule has 0 radical (unpaired) electrons. The first-order chi connectivity index (χ1) is 7.34. The van der Waals surface area contributed by atoms with Gasteiger partial charge >= 0.3 is 0 Å². The molecule has 1 nitrogen and oxygen atoms in total. The minimum absolute atomic E-state index is 0.605. The first kappa shape index (κ1) is 10.1. The smallest absolute Gasteiger partial charge is 0.0934 e. The molecular formula is C12H16ClNS. The summed E-state index contributed by atoms with van der Waals surface area (Å²) in [6.07, 6.45) is 6.77. The highest BCUT2D eigenvalue weighted by Crippen LogP contribution is 2.42. The van der Waals surface area contributed by atoms with E-state index in [4.69, 9.17) is 11.6 Å². The molecule has 2 aliphatic rings. The lowest BCUT2D eigenvalue weighted by Gasteiger charge is -2.28. The lowest BCUT2D eigenvalue weighted by Crippen LogP contribution is -2.32. The van der Waals surface area contributed by atoms with Gasteiger partial charge in [0, 0.05) is 10.9 Å². The molecule has 0 bridgehead atoms. The third-order valence-electron chi connectivity index (χ3n) is 3.72. The van der Waals surface area contributed by atoms with Crippen molar-refractivity contribution < 1.29 is 0 Å². The van der Waals surface area contributed by atoms with Crippen LogP contribution >= 0.6 is 22.9 Å². The molecule has 3 heteroatoms. The van der Waals surface area contributed by atoms with E-state index in [0.29, 0.717) is 6.04 Å². The fourth-order valence-electron chi connectivity index (χ4n) is 2.99. The number of rotatable bonds is 1. The van der Waals surface area contributed by atoms with Crippen LogP contribution in [0.3, 0.4) is 0 Å². The fourth-order valence-corrected chi connectivity index (χ4v) is 4.48. The maximum absolute atomic E-state index is 6.11. The van der Waals surface area contributed by atoms with E-state index < -0.39 is 0 Å². The van der Waals surface area contributed by atoms with Crippen molar-refractivity contribution in [1.29, 1.82) is 0 Å². The van der Waals surface area contributed by atoms with E-state index in [-0.39, 0.29) is 0 Å². The molecule has 1 saturated carbocycles. The molecular weight excluding hydrogens is 226 g/mol. The van der Waals surface area contributed by atoms with Crippen LogP contribution in [0.1, 0.15) is 42.2 Å². The molecule has 0 spiro atoms. The largest absolute Gasteiger partial charge is 0.309 e. The summed E-state index contributed by atoms with van der Waals surface area (Å²) in [5.41, 5.74) is 1.50. The summed E-state index contributed by atoms with van der Waals surface area (Å²) in [5.74, 6) is 0.860. The second-order valence-corrected chi connectivity index (χ2v) is 6.38. The Bertz CT molecular complexity index is 355. The lowest BCUT2D eigenvalue weighted by atomic mass is 9.91. The zero-order chi connectivity index (χ0) is 10.3. The van der Waals surface area contributed by atoms with Gasteiger partial charge in [0.1, 0.15) is 0 Å². The van der Waals surface area contributed by atoms with Gasteiger partial charge in [-0.15, -0.1) is 11.3 Å². The first-order valence-corrected chi connectivity index (χ1v) is 7.05. The summed E-state index contributed by atoms with van der Waals surface area (Å²) in [5, 5.41) is 3.68.